The van der Waals surface area contributed by atoms with E-state index in [0.29, 0.717) is 16.4 Å². The number of anilines is 1. The minimum atomic E-state index is -0.154. The molecule has 0 aliphatic carbocycles. The molecule has 0 aliphatic heterocycles. The predicted molar refractivity (Wildman–Crippen MR) is 126 cm³/mol. The van der Waals surface area contributed by atoms with E-state index < -0.39 is 0 Å². The fourth-order valence-corrected chi connectivity index (χ4v) is 5.32. The van der Waals surface area contributed by atoms with Gasteiger partial charge in [-0.25, -0.2) is 4.98 Å². The van der Waals surface area contributed by atoms with Crippen molar-refractivity contribution >= 4 is 34.1 Å². The van der Waals surface area contributed by atoms with Gasteiger partial charge in [0.25, 0.3) is 5.91 Å². The number of nitrogens with zero attached hydrogens (tertiary/aromatic N) is 2. The van der Waals surface area contributed by atoms with E-state index in [4.69, 9.17) is 4.52 Å². The molecule has 0 fully saturated rings. The Balaban J connectivity index is 1.44. The molecule has 0 unspecified atom stereocenters. The molecule has 1 amide bonds. The number of nitrogens with one attached hydrogen (secondary N) is 1. The van der Waals surface area contributed by atoms with Crippen LogP contribution >= 0.6 is 23.1 Å². The van der Waals surface area contributed by atoms with Crippen molar-refractivity contribution in [2.24, 2.45) is 0 Å². The number of aromatic nitrogens is 2. The Hall–Kier alpha value is -2.90. The monoisotopic (exact) mass is 449 g/mol. The van der Waals surface area contributed by atoms with Gasteiger partial charge in [-0.3, -0.25) is 10.1 Å². The third-order valence-electron chi connectivity index (χ3n) is 4.92. The van der Waals surface area contributed by atoms with Gasteiger partial charge in [-0.2, -0.15) is 0 Å². The van der Waals surface area contributed by atoms with Crippen LogP contribution < -0.4 is 5.32 Å². The first-order valence-corrected chi connectivity index (χ1v) is 11.7. The van der Waals surface area contributed by atoms with Gasteiger partial charge in [0.15, 0.2) is 5.13 Å². The second-order valence-corrected chi connectivity index (χ2v) is 9.47. The van der Waals surface area contributed by atoms with E-state index in [9.17, 15) is 4.79 Å². The third-order valence-corrected chi connectivity index (χ3v) is 6.93. The Kier molecular flexibility index (Phi) is 6.53. The molecule has 0 saturated heterocycles. The maximum Gasteiger partial charge on any atom is 0.258 e. The molecule has 0 radical (unpaired) electrons. The van der Waals surface area contributed by atoms with Crippen LogP contribution in [0.5, 0.6) is 0 Å². The van der Waals surface area contributed by atoms with E-state index in [1.165, 1.54) is 22.5 Å². The minimum Gasteiger partial charge on any atom is -0.361 e. The van der Waals surface area contributed by atoms with Crippen LogP contribution in [0.25, 0.3) is 0 Å². The van der Waals surface area contributed by atoms with Gasteiger partial charge in [-0.15, -0.1) is 23.1 Å². The highest BCUT2D eigenvalue weighted by molar-refractivity contribution is 7.98. The van der Waals surface area contributed by atoms with Crippen molar-refractivity contribution in [3.63, 3.8) is 0 Å². The maximum atomic E-state index is 13.0. The van der Waals surface area contributed by atoms with Gasteiger partial charge in [0.2, 0.25) is 0 Å². The van der Waals surface area contributed by atoms with E-state index in [2.05, 4.69) is 46.6 Å². The summed E-state index contributed by atoms with van der Waals surface area (Å²) in [5, 5.41) is 7.57. The van der Waals surface area contributed by atoms with E-state index in [1.54, 1.807) is 11.8 Å². The highest BCUT2D eigenvalue weighted by Crippen LogP contribution is 2.30. The number of thiazole rings is 1. The molecule has 2 aromatic carbocycles. The van der Waals surface area contributed by atoms with Crippen molar-refractivity contribution in [3.8, 4) is 0 Å². The molecule has 0 bridgehead atoms. The second-order valence-electron chi connectivity index (χ2n) is 7.34. The van der Waals surface area contributed by atoms with E-state index in [1.807, 2.05) is 44.3 Å². The van der Waals surface area contributed by atoms with Gasteiger partial charge < -0.3 is 4.52 Å². The number of thioether (sulfide) groups is 1. The first-order valence-electron chi connectivity index (χ1n) is 9.95. The van der Waals surface area contributed by atoms with Crippen LogP contribution in [0.3, 0.4) is 0 Å². The lowest BCUT2D eigenvalue weighted by Gasteiger charge is -2.08. The molecular formula is C24H23N3O2S2. The normalized spacial score (nSPS) is 10.9. The van der Waals surface area contributed by atoms with Crippen LogP contribution in [-0.2, 0) is 12.2 Å². The lowest BCUT2D eigenvalue weighted by molar-refractivity contribution is 0.102. The molecule has 31 heavy (non-hydrogen) atoms. The van der Waals surface area contributed by atoms with Crippen molar-refractivity contribution in [1.29, 1.82) is 0 Å². The summed E-state index contributed by atoms with van der Waals surface area (Å²) >= 11 is 3.11. The smallest absolute Gasteiger partial charge is 0.258 e. The van der Waals surface area contributed by atoms with Gasteiger partial charge >= 0.3 is 0 Å². The van der Waals surface area contributed by atoms with Gasteiger partial charge in [-0.05, 0) is 38.5 Å². The number of carbonyl (C=O) groups excluding carboxylic acids is 1. The molecule has 2 aromatic heterocycles. The average molecular weight is 450 g/mol. The molecule has 5 nitrogen and oxygen atoms in total. The topological polar surface area (TPSA) is 68.0 Å². The second kappa shape index (κ2) is 9.49. The highest BCUT2D eigenvalue weighted by atomic mass is 32.2. The van der Waals surface area contributed by atoms with Crippen LogP contribution in [0.1, 0.15) is 43.4 Å². The molecule has 4 aromatic rings. The largest absolute Gasteiger partial charge is 0.361 e. The standard InChI is InChI=1S/C24H23N3O2S2/c1-15-7-6-8-18(11-15)12-19-13-25-24(31-19)26-23(28)20-9-4-5-10-22(20)30-14-21-16(2)27-29-17(21)3/h4-11,13H,12,14H2,1-3H3,(H,25,26,28). The Morgan fingerprint density at radius 3 is 2.74 bits per heavy atom. The van der Waals surface area contributed by atoms with Crippen LogP contribution in [-0.4, -0.2) is 16.0 Å². The van der Waals surface area contributed by atoms with Crippen molar-refractivity contribution in [3.05, 3.63) is 93.3 Å². The van der Waals surface area contributed by atoms with Gasteiger partial charge in [-0.1, -0.05) is 47.1 Å². The number of hydrogen-bond acceptors (Lipinski definition) is 6. The fourth-order valence-electron chi connectivity index (χ4n) is 3.27. The van der Waals surface area contributed by atoms with Gasteiger partial charge in [0.05, 0.1) is 11.3 Å². The van der Waals surface area contributed by atoms with Crippen molar-refractivity contribution < 1.29 is 9.32 Å². The van der Waals surface area contributed by atoms with Crippen LogP contribution in [0.4, 0.5) is 5.13 Å². The number of carbonyl (C=O) groups is 1. The van der Waals surface area contributed by atoms with Crippen molar-refractivity contribution in [2.75, 3.05) is 5.32 Å². The van der Waals surface area contributed by atoms with E-state index in [-0.39, 0.29) is 5.91 Å². The number of aryl methyl sites for hydroxylation is 3. The zero-order valence-electron chi connectivity index (χ0n) is 17.6. The molecule has 2 heterocycles. The Bertz CT molecular complexity index is 1190. The maximum absolute atomic E-state index is 13.0. The Labute approximate surface area is 189 Å². The summed E-state index contributed by atoms with van der Waals surface area (Å²) < 4.78 is 5.24. The number of rotatable bonds is 7. The third kappa shape index (κ3) is 5.24. The zero-order chi connectivity index (χ0) is 21.8. The lowest BCUT2D eigenvalue weighted by atomic mass is 10.1. The predicted octanol–water partition coefficient (Wildman–Crippen LogP) is 6.19. The summed E-state index contributed by atoms with van der Waals surface area (Å²) in [6.45, 7) is 5.93. The molecule has 158 valence electrons. The number of benzene rings is 2. The highest BCUT2D eigenvalue weighted by Gasteiger charge is 2.16. The fraction of sp³-hybridized carbons (Fsp3) is 0.208. The molecule has 0 atom stereocenters. The summed E-state index contributed by atoms with van der Waals surface area (Å²) in [6.07, 6.45) is 2.64. The number of amides is 1. The first-order chi connectivity index (χ1) is 15.0. The lowest BCUT2D eigenvalue weighted by Crippen LogP contribution is -2.12. The zero-order valence-corrected chi connectivity index (χ0v) is 19.3. The SMILES string of the molecule is Cc1cccc(Cc2cnc(NC(=O)c3ccccc3SCc3c(C)noc3C)s2)c1. The molecule has 7 heteroatoms. The van der Waals surface area contributed by atoms with Crippen LogP contribution in [0.15, 0.2) is 64.1 Å². The molecular weight excluding hydrogens is 426 g/mol. The average Bonchev–Trinajstić information content (AvgIpc) is 3.32. The Morgan fingerprint density at radius 2 is 1.97 bits per heavy atom. The van der Waals surface area contributed by atoms with Crippen LogP contribution in [0, 0.1) is 20.8 Å². The minimum absolute atomic E-state index is 0.154. The molecule has 0 spiro atoms. The van der Waals surface area contributed by atoms with Crippen molar-refractivity contribution in [1.82, 2.24) is 10.1 Å². The Morgan fingerprint density at radius 1 is 1.13 bits per heavy atom. The van der Waals surface area contributed by atoms with Crippen LogP contribution in [0.2, 0.25) is 0 Å². The molecule has 4 rings (SSSR count). The molecule has 1 N–H and O–H groups in total. The quantitative estimate of drug-likeness (QED) is 0.341. The van der Waals surface area contributed by atoms with E-state index in [0.717, 1.165) is 33.2 Å². The van der Waals surface area contributed by atoms with Gasteiger partial charge in [0, 0.05) is 33.7 Å². The first kappa shape index (κ1) is 21.3. The summed E-state index contributed by atoms with van der Waals surface area (Å²) in [5.41, 5.74) is 5.07. The summed E-state index contributed by atoms with van der Waals surface area (Å²) in [6, 6.07) is 16.0. The van der Waals surface area contributed by atoms with Gasteiger partial charge in [0.1, 0.15) is 5.76 Å². The summed E-state index contributed by atoms with van der Waals surface area (Å²) in [4.78, 5) is 19.4. The molecule has 0 aliphatic rings. The molecule has 0 saturated carbocycles. The summed E-state index contributed by atoms with van der Waals surface area (Å²) in [5.74, 6) is 1.36. The number of hydrogen-bond donors (Lipinski definition) is 1. The summed E-state index contributed by atoms with van der Waals surface area (Å²) in [7, 11) is 0. The van der Waals surface area contributed by atoms with Crippen molar-refractivity contribution in [2.45, 2.75) is 37.8 Å². The van der Waals surface area contributed by atoms with E-state index >= 15 is 0 Å².